The van der Waals surface area contributed by atoms with Gasteiger partial charge in [-0.2, -0.15) is 0 Å². The van der Waals surface area contributed by atoms with Gasteiger partial charge in [0.05, 0.1) is 11.7 Å². The van der Waals surface area contributed by atoms with E-state index in [-0.39, 0.29) is 0 Å². The minimum Gasteiger partial charge on any atom is -0.372 e. The van der Waals surface area contributed by atoms with Crippen LogP contribution in [0.2, 0.25) is 0 Å². The largest absolute Gasteiger partial charge is 0.372 e. The molecule has 3 atom stereocenters. The van der Waals surface area contributed by atoms with Gasteiger partial charge < -0.3 is 10.1 Å². The molecule has 0 aromatic rings. The molecule has 1 aliphatic heterocycles. The van der Waals surface area contributed by atoms with Gasteiger partial charge in [-0.05, 0) is 64.3 Å². The zero-order valence-corrected chi connectivity index (χ0v) is 13.2. The molecular weight excluding hydrogens is 234 g/mol. The second kappa shape index (κ2) is 7.08. The molecule has 2 fully saturated rings. The van der Waals surface area contributed by atoms with E-state index in [9.17, 15) is 0 Å². The Balaban J connectivity index is 1.67. The highest BCUT2D eigenvalue weighted by atomic mass is 16.5. The molecule has 0 aromatic carbocycles. The average Bonchev–Trinajstić information content (AvgIpc) is 2.98. The van der Waals surface area contributed by atoms with Crippen LogP contribution in [0, 0.1) is 5.92 Å². The maximum Gasteiger partial charge on any atom is 0.0687 e. The monoisotopic (exact) mass is 267 g/mol. The topological polar surface area (TPSA) is 21.3 Å². The predicted molar refractivity (Wildman–Crippen MR) is 81.5 cm³/mol. The normalized spacial score (nSPS) is 28.9. The maximum absolute atomic E-state index is 6.42. The summed E-state index contributed by atoms with van der Waals surface area (Å²) in [6.07, 6.45) is 12.4. The van der Waals surface area contributed by atoms with Gasteiger partial charge in [-0.1, -0.05) is 26.7 Å². The van der Waals surface area contributed by atoms with Crippen molar-refractivity contribution in [3.05, 3.63) is 0 Å². The van der Waals surface area contributed by atoms with E-state index in [1.807, 2.05) is 0 Å². The standard InChI is InChI=1S/C17H33NO/c1-4-11-18-15(3)12-14(2)13-16-7-10-17(19-16)8-5-6-9-17/h14-16,18H,4-13H2,1-3H3. The minimum atomic E-state index is 0.316. The van der Waals surface area contributed by atoms with Crippen LogP contribution in [-0.2, 0) is 4.74 Å². The molecule has 2 nitrogen and oxygen atoms in total. The summed E-state index contributed by atoms with van der Waals surface area (Å²) in [4.78, 5) is 0. The molecule has 0 aromatic heterocycles. The van der Waals surface area contributed by atoms with Crippen molar-refractivity contribution in [2.24, 2.45) is 5.92 Å². The van der Waals surface area contributed by atoms with Crippen molar-refractivity contribution >= 4 is 0 Å². The molecule has 0 radical (unpaired) electrons. The van der Waals surface area contributed by atoms with E-state index in [0.29, 0.717) is 17.7 Å². The van der Waals surface area contributed by atoms with Crippen molar-refractivity contribution in [3.8, 4) is 0 Å². The van der Waals surface area contributed by atoms with Crippen LogP contribution < -0.4 is 5.32 Å². The van der Waals surface area contributed by atoms with Crippen molar-refractivity contribution in [1.82, 2.24) is 5.32 Å². The third kappa shape index (κ3) is 4.46. The quantitative estimate of drug-likeness (QED) is 0.743. The van der Waals surface area contributed by atoms with Crippen LogP contribution in [-0.4, -0.2) is 24.3 Å². The Labute approximate surface area is 119 Å². The van der Waals surface area contributed by atoms with Gasteiger partial charge in [-0.25, -0.2) is 0 Å². The van der Waals surface area contributed by atoms with Crippen LogP contribution in [0.4, 0.5) is 0 Å². The van der Waals surface area contributed by atoms with Gasteiger partial charge in [0.1, 0.15) is 0 Å². The lowest BCUT2D eigenvalue weighted by molar-refractivity contribution is -0.0440. The smallest absolute Gasteiger partial charge is 0.0687 e. The number of nitrogens with one attached hydrogen (secondary N) is 1. The highest BCUT2D eigenvalue weighted by Crippen LogP contribution is 2.44. The Morgan fingerprint density at radius 1 is 1.21 bits per heavy atom. The van der Waals surface area contributed by atoms with Crippen LogP contribution in [0.25, 0.3) is 0 Å². The van der Waals surface area contributed by atoms with Crippen LogP contribution in [0.3, 0.4) is 0 Å². The highest BCUT2D eigenvalue weighted by Gasteiger charge is 2.42. The summed E-state index contributed by atoms with van der Waals surface area (Å²) in [6.45, 7) is 8.10. The molecular formula is C17H33NO. The molecule has 2 heteroatoms. The summed E-state index contributed by atoms with van der Waals surface area (Å²) in [7, 11) is 0. The molecule has 0 amide bonds. The van der Waals surface area contributed by atoms with Gasteiger partial charge in [0.15, 0.2) is 0 Å². The second-order valence-corrected chi connectivity index (χ2v) is 7.10. The molecule has 1 heterocycles. The summed E-state index contributed by atoms with van der Waals surface area (Å²) in [5.41, 5.74) is 0.316. The highest BCUT2D eigenvalue weighted by molar-refractivity contribution is 4.93. The van der Waals surface area contributed by atoms with Crippen LogP contribution in [0.1, 0.15) is 78.6 Å². The van der Waals surface area contributed by atoms with E-state index in [4.69, 9.17) is 4.74 Å². The lowest BCUT2D eigenvalue weighted by Gasteiger charge is -2.26. The first kappa shape index (κ1) is 15.3. The van der Waals surface area contributed by atoms with Crippen LogP contribution >= 0.6 is 0 Å². The molecule has 19 heavy (non-hydrogen) atoms. The fraction of sp³-hybridized carbons (Fsp3) is 1.00. The first-order chi connectivity index (χ1) is 9.13. The predicted octanol–water partition coefficient (Wildman–Crippen LogP) is 4.28. The van der Waals surface area contributed by atoms with Crippen molar-refractivity contribution in [2.75, 3.05) is 6.54 Å². The van der Waals surface area contributed by atoms with Crippen molar-refractivity contribution in [2.45, 2.75) is 96.3 Å². The second-order valence-electron chi connectivity index (χ2n) is 7.10. The van der Waals surface area contributed by atoms with E-state index in [1.165, 1.54) is 57.8 Å². The van der Waals surface area contributed by atoms with Gasteiger partial charge in [-0.3, -0.25) is 0 Å². The summed E-state index contributed by atoms with van der Waals surface area (Å²) in [6, 6.07) is 0.650. The van der Waals surface area contributed by atoms with E-state index in [0.717, 1.165) is 12.5 Å². The minimum absolute atomic E-state index is 0.316. The lowest BCUT2D eigenvalue weighted by atomic mass is 9.94. The Hall–Kier alpha value is -0.0800. The number of rotatable bonds is 7. The van der Waals surface area contributed by atoms with Gasteiger partial charge in [0, 0.05) is 6.04 Å². The Bertz CT molecular complexity index is 260. The molecule has 1 N–H and O–H groups in total. The van der Waals surface area contributed by atoms with Gasteiger partial charge in [0.25, 0.3) is 0 Å². The van der Waals surface area contributed by atoms with Crippen LogP contribution in [0.15, 0.2) is 0 Å². The van der Waals surface area contributed by atoms with E-state index in [2.05, 4.69) is 26.1 Å². The van der Waals surface area contributed by atoms with Gasteiger partial charge in [-0.15, -0.1) is 0 Å². The molecule has 1 spiro atoms. The zero-order valence-electron chi connectivity index (χ0n) is 13.2. The molecule has 2 aliphatic rings. The molecule has 1 aliphatic carbocycles. The van der Waals surface area contributed by atoms with Crippen molar-refractivity contribution in [3.63, 3.8) is 0 Å². The Kier molecular flexibility index (Phi) is 5.70. The van der Waals surface area contributed by atoms with E-state index in [1.54, 1.807) is 0 Å². The summed E-state index contributed by atoms with van der Waals surface area (Å²) in [5.74, 6) is 0.779. The Morgan fingerprint density at radius 3 is 2.63 bits per heavy atom. The van der Waals surface area contributed by atoms with E-state index >= 15 is 0 Å². The molecule has 2 rings (SSSR count). The molecule has 112 valence electrons. The fourth-order valence-corrected chi connectivity index (χ4v) is 4.07. The van der Waals surface area contributed by atoms with E-state index < -0.39 is 0 Å². The third-order valence-corrected chi connectivity index (χ3v) is 5.02. The summed E-state index contributed by atoms with van der Waals surface area (Å²) in [5, 5.41) is 3.60. The number of ether oxygens (including phenoxy) is 1. The first-order valence-electron chi connectivity index (χ1n) is 8.55. The number of hydrogen-bond donors (Lipinski definition) is 1. The van der Waals surface area contributed by atoms with Crippen molar-refractivity contribution in [1.29, 1.82) is 0 Å². The molecule has 1 saturated heterocycles. The van der Waals surface area contributed by atoms with Crippen LogP contribution in [0.5, 0.6) is 0 Å². The number of hydrogen-bond acceptors (Lipinski definition) is 2. The molecule has 3 unspecified atom stereocenters. The lowest BCUT2D eigenvalue weighted by Crippen LogP contribution is -2.30. The zero-order chi connectivity index (χ0) is 13.7. The molecule has 1 saturated carbocycles. The first-order valence-corrected chi connectivity index (χ1v) is 8.55. The SMILES string of the molecule is CCCNC(C)CC(C)CC1CCC2(CCCC2)O1. The van der Waals surface area contributed by atoms with Gasteiger partial charge in [0.2, 0.25) is 0 Å². The van der Waals surface area contributed by atoms with Gasteiger partial charge >= 0.3 is 0 Å². The summed E-state index contributed by atoms with van der Waals surface area (Å²) < 4.78 is 6.42. The third-order valence-electron chi connectivity index (χ3n) is 5.02. The maximum atomic E-state index is 6.42. The Morgan fingerprint density at radius 2 is 1.95 bits per heavy atom. The average molecular weight is 267 g/mol. The van der Waals surface area contributed by atoms with Crippen molar-refractivity contribution < 1.29 is 4.74 Å². The fourth-order valence-electron chi connectivity index (χ4n) is 4.07. The molecule has 0 bridgehead atoms. The summed E-state index contributed by atoms with van der Waals surface area (Å²) >= 11 is 0.